The molecule has 0 unspecified atom stereocenters. The number of rotatable bonds is 3. The molecule has 0 spiro atoms. The van der Waals surface area contributed by atoms with E-state index in [1.807, 2.05) is 13.0 Å². The van der Waals surface area contributed by atoms with Crippen LogP contribution in [-0.4, -0.2) is 11.4 Å². The quantitative estimate of drug-likeness (QED) is 0.681. The Hall–Kier alpha value is -0.990. The highest BCUT2D eigenvalue weighted by molar-refractivity contribution is 5.15. The van der Waals surface area contributed by atoms with Crippen LogP contribution >= 0.6 is 0 Å². The average molecular weight is 171 g/mol. The highest BCUT2D eigenvalue weighted by Crippen LogP contribution is 2.08. The predicted molar refractivity (Wildman–Crippen MR) is 43.3 cm³/mol. The maximum atomic E-state index is 11.8. The second-order valence-electron chi connectivity index (χ2n) is 2.74. The monoisotopic (exact) mass is 171 g/mol. The van der Waals surface area contributed by atoms with Crippen LogP contribution in [0.25, 0.3) is 0 Å². The van der Waals surface area contributed by atoms with Gasteiger partial charge >= 0.3 is 0 Å². The molecule has 0 saturated heterocycles. The van der Waals surface area contributed by atoms with Gasteiger partial charge in [0.15, 0.2) is 0 Å². The Morgan fingerprint density at radius 3 is 2.83 bits per heavy atom. The Morgan fingerprint density at radius 2 is 2.25 bits per heavy atom. The van der Waals surface area contributed by atoms with Gasteiger partial charge in [0.05, 0.1) is 0 Å². The number of alkyl halides is 2. The molecule has 0 aromatic carbocycles. The van der Waals surface area contributed by atoms with Crippen LogP contribution < -0.4 is 0 Å². The number of aromatic nitrogens is 1. The standard InChI is InChI=1S/C9H11F2N/c1-7-6-8(4-5-12-7)2-3-9(10)11/h4-6,9H,2-3H2,1H3. The molecule has 0 aliphatic heterocycles. The summed E-state index contributed by atoms with van der Waals surface area (Å²) in [5.74, 6) is 0. The first-order chi connectivity index (χ1) is 5.68. The molecular weight excluding hydrogens is 160 g/mol. The molecule has 0 radical (unpaired) electrons. The van der Waals surface area contributed by atoms with Crippen molar-refractivity contribution in [2.45, 2.75) is 26.2 Å². The molecule has 1 rings (SSSR count). The summed E-state index contributed by atoms with van der Waals surface area (Å²) in [5.41, 5.74) is 1.81. The van der Waals surface area contributed by atoms with E-state index in [0.29, 0.717) is 6.42 Å². The van der Waals surface area contributed by atoms with Crippen LogP contribution in [0.2, 0.25) is 0 Å². The lowest BCUT2D eigenvalue weighted by Gasteiger charge is -2.00. The maximum Gasteiger partial charge on any atom is 0.239 e. The van der Waals surface area contributed by atoms with E-state index < -0.39 is 6.43 Å². The van der Waals surface area contributed by atoms with Crippen LogP contribution in [0.15, 0.2) is 18.3 Å². The van der Waals surface area contributed by atoms with Gasteiger partial charge in [-0.1, -0.05) is 0 Å². The van der Waals surface area contributed by atoms with E-state index in [9.17, 15) is 8.78 Å². The molecule has 1 aromatic heterocycles. The van der Waals surface area contributed by atoms with Crippen molar-refractivity contribution in [2.24, 2.45) is 0 Å². The zero-order valence-corrected chi connectivity index (χ0v) is 6.93. The lowest BCUT2D eigenvalue weighted by Crippen LogP contribution is -1.95. The molecule has 0 fully saturated rings. The second-order valence-corrected chi connectivity index (χ2v) is 2.74. The molecule has 3 heteroatoms. The molecule has 0 bridgehead atoms. The van der Waals surface area contributed by atoms with Gasteiger partial charge in [-0.2, -0.15) is 0 Å². The predicted octanol–water partition coefficient (Wildman–Crippen LogP) is 2.59. The molecular formula is C9H11F2N. The minimum absolute atomic E-state index is 0.0660. The Labute approximate surface area is 70.4 Å². The molecule has 0 aliphatic carbocycles. The van der Waals surface area contributed by atoms with Crippen molar-refractivity contribution >= 4 is 0 Å². The van der Waals surface area contributed by atoms with E-state index in [4.69, 9.17) is 0 Å². The summed E-state index contributed by atoms with van der Waals surface area (Å²) in [5, 5.41) is 0. The molecule has 0 aliphatic rings. The lowest BCUT2D eigenvalue weighted by atomic mass is 10.1. The number of aryl methyl sites for hydroxylation is 2. The topological polar surface area (TPSA) is 12.9 Å². The fourth-order valence-corrected chi connectivity index (χ4v) is 1.04. The van der Waals surface area contributed by atoms with Crippen molar-refractivity contribution in [2.75, 3.05) is 0 Å². The van der Waals surface area contributed by atoms with Gasteiger partial charge in [0, 0.05) is 18.3 Å². The first-order valence-corrected chi connectivity index (χ1v) is 3.88. The molecule has 66 valence electrons. The van der Waals surface area contributed by atoms with Crippen LogP contribution in [0.3, 0.4) is 0 Å². The van der Waals surface area contributed by atoms with Gasteiger partial charge in [0.1, 0.15) is 0 Å². The van der Waals surface area contributed by atoms with Crippen LogP contribution in [0.5, 0.6) is 0 Å². The molecule has 1 aromatic rings. The van der Waals surface area contributed by atoms with Crippen molar-refractivity contribution in [3.05, 3.63) is 29.6 Å². The SMILES string of the molecule is Cc1cc(CCC(F)F)ccn1. The fourth-order valence-electron chi connectivity index (χ4n) is 1.04. The van der Waals surface area contributed by atoms with E-state index in [2.05, 4.69) is 4.98 Å². The highest BCUT2D eigenvalue weighted by Gasteiger charge is 2.02. The Bertz CT molecular complexity index is 248. The summed E-state index contributed by atoms with van der Waals surface area (Å²) < 4.78 is 23.6. The lowest BCUT2D eigenvalue weighted by molar-refractivity contribution is 0.138. The first kappa shape index (κ1) is 9.10. The van der Waals surface area contributed by atoms with E-state index in [-0.39, 0.29) is 6.42 Å². The third-order valence-corrected chi connectivity index (χ3v) is 1.61. The molecule has 0 saturated carbocycles. The van der Waals surface area contributed by atoms with E-state index in [1.54, 1.807) is 12.3 Å². The summed E-state index contributed by atoms with van der Waals surface area (Å²) in [6.07, 6.45) is -0.195. The zero-order chi connectivity index (χ0) is 8.97. The summed E-state index contributed by atoms with van der Waals surface area (Å²) >= 11 is 0. The van der Waals surface area contributed by atoms with Crippen LogP contribution in [0.4, 0.5) is 8.78 Å². The fraction of sp³-hybridized carbons (Fsp3) is 0.444. The average Bonchev–Trinajstić information content (AvgIpc) is 2.01. The Kier molecular flexibility index (Phi) is 3.14. The van der Waals surface area contributed by atoms with Crippen LogP contribution in [-0.2, 0) is 6.42 Å². The van der Waals surface area contributed by atoms with E-state index >= 15 is 0 Å². The number of nitrogens with zero attached hydrogens (tertiary/aromatic N) is 1. The third-order valence-electron chi connectivity index (χ3n) is 1.61. The van der Waals surface area contributed by atoms with Crippen LogP contribution in [0, 0.1) is 6.92 Å². The largest absolute Gasteiger partial charge is 0.262 e. The number of hydrogen-bond donors (Lipinski definition) is 0. The third kappa shape index (κ3) is 2.95. The maximum absolute atomic E-state index is 11.8. The molecule has 1 heterocycles. The molecule has 0 atom stereocenters. The van der Waals surface area contributed by atoms with Gasteiger partial charge in [-0.05, 0) is 31.0 Å². The molecule has 1 nitrogen and oxygen atoms in total. The minimum atomic E-state index is -2.21. The van der Waals surface area contributed by atoms with Gasteiger partial charge in [0.25, 0.3) is 0 Å². The summed E-state index contributed by atoms with van der Waals surface area (Å²) in [6.45, 7) is 1.85. The van der Waals surface area contributed by atoms with Gasteiger partial charge < -0.3 is 0 Å². The first-order valence-electron chi connectivity index (χ1n) is 3.88. The number of pyridine rings is 1. The van der Waals surface area contributed by atoms with Gasteiger partial charge in [-0.3, -0.25) is 4.98 Å². The number of halogens is 2. The van der Waals surface area contributed by atoms with E-state index in [1.165, 1.54) is 0 Å². The second kappa shape index (κ2) is 4.14. The molecule has 0 N–H and O–H groups in total. The zero-order valence-electron chi connectivity index (χ0n) is 6.93. The van der Waals surface area contributed by atoms with Crippen molar-refractivity contribution in [3.63, 3.8) is 0 Å². The normalized spacial score (nSPS) is 10.7. The summed E-state index contributed by atoms with van der Waals surface area (Å²) in [7, 11) is 0. The summed E-state index contributed by atoms with van der Waals surface area (Å²) in [6, 6.07) is 3.61. The smallest absolute Gasteiger partial charge is 0.239 e. The van der Waals surface area contributed by atoms with E-state index in [0.717, 1.165) is 11.3 Å². The highest BCUT2D eigenvalue weighted by atomic mass is 19.3. The van der Waals surface area contributed by atoms with Crippen molar-refractivity contribution in [3.8, 4) is 0 Å². The molecule has 0 amide bonds. The Morgan fingerprint density at radius 1 is 1.50 bits per heavy atom. The van der Waals surface area contributed by atoms with Gasteiger partial charge in [-0.25, -0.2) is 8.78 Å². The summed E-state index contributed by atoms with van der Waals surface area (Å²) in [4.78, 5) is 3.98. The number of hydrogen-bond acceptors (Lipinski definition) is 1. The van der Waals surface area contributed by atoms with Crippen LogP contribution in [0.1, 0.15) is 17.7 Å². The molecule has 12 heavy (non-hydrogen) atoms. The van der Waals surface area contributed by atoms with Gasteiger partial charge in [0.2, 0.25) is 6.43 Å². The van der Waals surface area contributed by atoms with Gasteiger partial charge in [-0.15, -0.1) is 0 Å². The van der Waals surface area contributed by atoms with Crippen molar-refractivity contribution in [1.82, 2.24) is 4.98 Å². The Balaban J connectivity index is 2.52. The van der Waals surface area contributed by atoms with Crippen molar-refractivity contribution < 1.29 is 8.78 Å². The van der Waals surface area contributed by atoms with Crippen molar-refractivity contribution in [1.29, 1.82) is 0 Å². The minimum Gasteiger partial charge on any atom is -0.262 e.